The summed E-state index contributed by atoms with van der Waals surface area (Å²) in [5, 5.41) is 11.9. The van der Waals surface area contributed by atoms with Crippen molar-refractivity contribution in [1.29, 1.82) is 5.26 Å². The molecular formula is C22H25N5O2. The maximum atomic E-state index is 12.5. The van der Waals surface area contributed by atoms with Crippen molar-refractivity contribution in [2.75, 3.05) is 32.1 Å². The second-order valence-electron chi connectivity index (χ2n) is 7.39. The predicted molar refractivity (Wildman–Crippen MR) is 110 cm³/mol. The largest absolute Gasteiger partial charge is 0.357 e. The van der Waals surface area contributed by atoms with Crippen LogP contribution in [0.2, 0.25) is 0 Å². The van der Waals surface area contributed by atoms with E-state index >= 15 is 0 Å². The van der Waals surface area contributed by atoms with Gasteiger partial charge in [-0.1, -0.05) is 12.1 Å². The van der Waals surface area contributed by atoms with E-state index in [9.17, 15) is 9.59 Å². The highest BCUT2D eigenvalue weighted by molar-refractivity contribution is 5.93. The molecule has 1 aromatic heterocycles. The molecule has 0 bridgehead atoms. The van der Waals surface area contributed by atoms with Crippen LogP contribution in [0.25, 0.3) is 0 Å². The third kappa shape index (κ3) is 5.11. The molecule has 1 aromatic carbocycles. The molecule has 0 unspecified atom stereocenters. The normalized spacial score (nSPS) is 14.2. The van der Waals surface area contributed by atoms with Gasteiger partial charge in [-0.05, 0) is 42.7 Å². The zero-order valence-electron chi connectivity index (χ0n) is 16.8. The summed E-state index contributed by atoms with van der Waals surface area (Å²) in [6, 6.07) is 13.0. The Labute approximate surface area is 171 Å². The fourth-order valence-electron chi connectivity index (χ4n) is 3.37. The van der Waals surface area contributed by atoms with Crippen LogP contribution in [-0.4, -0.2) is 48.9 Å². The van der Waals surface area contributed by atoms with E-state index in [-0.39, 0.29) is 17.7 Å². The van der Waals surface area contributed by atoms with Crippen LogP contribution in [0.1, 0.15) is 34.3 Å². The van der Waals surface area contributed by atoms with Gasteiger partial charge in [-0.2, -0.15) is 5.26 Å². The average Bonchev–Trinajstić information content (AvgIpc) is 2.77. The smallest absolute Gasteiger partial charge is 0.253 e. The number of nitrogens with one attached hydrogen (secondary N) is 1. The molecule has 1 saturated heterocycles. The Morgan fingerprint density at radius 3 is 2.41 bits per heavy atom. The van der Waals surface area contributed by atoms with E-state index in [1.807, 2.05) is 18.2 Å². The summed E-state index contributed by atoms with van der Waals surface area (Å²) in [4.78, 5) is 32.5. The van der Waals surface area contributed by atoms with Crippen LogP contribution < -0.4 is 10.2 Å². The SMILES string of the molecule is CN(C)C(=O)c1ccc(CNC(=O)C2CCN(c3ccc(C#N)cn3)CC2)cc1. The lowest BCUT2D eigenvalue weighted by Crippen LogP contribution is -2.40. The lowest BCUT2D eigenvalue weighted by molar-refractivity contribution is -0.125. The third-order valence-corrected chi connectivity index (χ3v) is 5.14. The summed E-state index contributed by atoms with van der Waals surface area (Å²) in [6.45, 7) is 1.98. The predicted octanol–water partition coefficient (Wildman–Crippen LogP) is 2.19. The first-order valence-corrected chi connectivity index (χ1v) is 9.67. The van der Waals surface area contributed by atoms with Gasteiger partial charge in [0.2, 0.25) is 5.91 Å². The van der Waals surface area contributed by atoms with Gasteiger partial charge in [-0.25, -0.2) is 4.98 Å². The monoisotopic (exact) mass is 391 g/mol. The fraction of sp³-hybridized carbons (Fsp3) is 0.364. The van der Waals surface area contributed by atoms with Crippen molar-refractivity contribution in [3.05, 3.63) is 59.3 Å². The van der Waals surface area contributed by atoms with Crippen LogP contribution in [0.4, 0.5) is 5.82 Å². The van der Waals surface area contributed by atoms with Crippen molar-refractivity contribution < 1.29 is 9.59 Å². The van der Waals surface area contributed by atoms with Crippen LogP contribution in [-0.2, 0) is 11.3 Å². The first kappa shape index (κ1) is 20.3. The van der Waals surface area contributed by atoms with E-state index < -0.39 is 0 Å². The van der Waals surface area contributed by atoms with Crippen molar-refractivity contribution in [3.8, 4) is 6.07 Å². The van der Waals surface area contributed by atoms with Gasteiger partial charge in [-0.15, -0.1) is 0 Å². The summed E-state index contributed by atoms with van der Waals surface area (Å²) in [7, 11) is 3.44. The van der Waals surface area contributed by atoms with Crippen LogP contribution in [0, 0.1) is 17.2 Å². The summed E-state index contributed by atoms with van der Waals surface area (Å²) >= 11 is 0. The highest BCUT2D eigenvalue weighted by atomic mass is 16.2. The van der Waals surface area contributed by atoms with Crippen LogP contribution in [0.5, 0.6) is 0 Å². The van der Waals surface area contributed by atoms with Crippen molar-refractivity contribution >= 4 is 17.6 Å². The van der Waals surface area contributed by atoms with E-state index in [0.29, 0.717) is 17.7 Å². The number of carbonyl (C=O) groups is 2. The standard InChI is InChI=1S/C22H25N5O2/c1-26(2)22(29)19-6-3-16(4-7-19)14-25-21(28)18-9-11-27(12-10-18)20-8-5-17(13-23)15-24-20/h3-8,15,18H,9-12,14H2,1-2H3,(H,25,28). The molecule has 2 amide bonds. The number of rotatable bonds is 5. The van der Waals surface area contributed by atoms with Gasteiger partial charge in [0.15, 0.2) is 0 Å². The first-order valence-electron chi connectivity index (χ1n) is 9.67. The van der Waals surface area contributed by atoms with E-state index in [2.05, 4.69) is 21.3 Å². The number of hydrogen-bond acceptors (Lipinski definition) is 5. The number of hydrogen-bond donors (Lipinski definition) is 1. The fourth-order valence-corrected chi connectivity index (χ4v) is 3.37. The Morgan fingerprint density at radius 1 is 1.17 bits per heavy atom. The summed E-state index contributed by atoms with van der Waals surface area (Å²) < 4.78 is 0. The molecule has 29 heavy (non-hydrogen) atoms. The lowest BCUT2D eigenvalue weighted by Gasteiger charge is -2.32. The van der Waals surface area contributed by atoms with Crippen LogP contribution >= 0.6 is 0 Å². The van der Waals surface area contributed by atoms with Gasteiger partial charge in [-0.3, -0.25) is 9.59 Å². The topological polar surface area (TPSA) is 89.3 Å². The van der Waals surface area contributed by atoms with Crippen molar-refractivity contribution in [3.63, 3.8) is 0 Å². The Balaban J connectivity index is 1.47. The molecule has 0 atom stereocenters. The highest BCUT2D eigenvalue weighted by Gasteiger charge is 2.25. The number of benzene rings is 1. The molecule has 1 N–H and O–H groups in total. The number of aromatic nitrogens is 1. The van der Waals surface area contributed by atoms with Gasteiger partial charge >= 0.3 is 0 Å². The van der Waals surface area contributed by atoms with Crippen molar-refractivity contribution in [2.24, 2.45) is 5.92 Å². The molecule has 1 aliphatic rings. The molecule has 7 heteroatoms. The minimum absolute atomic E-state index is 0.0146. The molecule has 150 valence electrons. The maximum Gasteiger partial charge on any atom is 0.253 e. The van der Waals surface area contributed by atoms with Gasteiger partial charge < -0.3 is 15.1 Å². The Kier molecular flexibility index (Phi) is 6.45. The molecule has 0 spiro atoms. The number of piperidine rings is 1. The third-order valence-electron chi connectivity index (χ3n) is 5.14. The summed E-state index contributed by atoms with van der Waals surface area (Å²) in [5.41, 5.74) is 2.14. The number of nitrogens with zero attached hydrogens (tertiary/aromatic N) is 4. The Hall–Kier alpha value is -3.40. The quantitative estimate of drug-likeness (QED) is 0.844. The molecular weight excluding hydrogens is 366 g/mol. The Morgan fingerprint density at radius 2 is 1.86 bits per heavy atom. The molecule has 2 heterocycles. The zero-order valence-corrected chi connectivity index (χ0v) is 16.8. The lowest BCUT2D eigenvalue weighted by atomic mass is 9.95. The van der Waals surface area contributed by atoms with Crippen molar-refractivity contribution in [1.82, 2.24) is 15.2 Å². The van der Waals surface area contributed by atoms with Gasteiger partial charge in [0.05, 0.1) is 5.56 Å². The molecule has 7 nitrogen and oxygen atoms in total. The van der Waals surface area contributed by atoms with Gasteiger partial charge in [0, 0.05) is 51.4 Å². The average molecular weight is 391 g/mol. The molecule has 2 aromatic rings. The first-order chi connectivity index (χ1) is 14.0. The molecule has 0 saturated carbocycles. The number of nitriles is 1. The zero-order chi connectivity index (χ0) is 20.8. The number of pyridine rings is 1. The molecule has 1 aliphatic heterocycles. The van der Waals surface area contributed by atoms with E-state index in [1.165, 1.54) is 4.90 Å². The molecule has 0 radical (unpaired) electrons. The molecule has 0 aliphatic carbocycles. The number of anilines is 1. The molecule has 3 rings (SSSR count). The van der Waals surface area contributed by atoms with E-state index in [1.54, 1.807) is 38.5 Å². The second kappa shape index (κ2) is 9.20. The van der Waals surface area contributed by atoms with Crippen LogP contribution in [0.15, 0.2) is 42.6 Å². The summed E-state index contributed by atoms with van der Waals surface area (Å²) in [6.07, 6.45) is 3.11. The number of amides is 2. The second-order valence-corrected chi connectivity index (χ2v) is 7.39. The summed E-state index contributed by atoms with van der Waals surface area (Å²) in [5.74, 6) is 0.851. The highest BCUT2D eigenvalue weighted by Crippen LogP contribution is 2.22. The minimum atomic E-state index is -0.0379. The van der Waals surface area contributed by atoms with E-state index in [4.69, 9.17) is 5.26 Å². The van der Waals surface area contributed by atoms with Gasteiger partial charge in [0.25, 0.3) is 5.91 Å². The minimum Gasteiger partial charge on any atom is -0.357 e. The van der Waals surface area contributed by atoms with Crippen molar-refractivity contribution in [2.45, 2.75) is 19.4 Å². The van der Waals surface area contributed by atoms with E-state index in [0.717, 1.165) is 37.3 Å². The molecule has 1 fully saturated rings. The van der Waals surface area contributed by atoms with Gasteiger partial charge in [0.1, 0.15) is 11.9 Å². The number of carbonyl (C=O) groups excluding carboxylic acids is 2. The Bertz CT molecular complexity index is 892. The van der Waals surface area contributed by atoms with Crippen LogP contribution in [0.3, 0.4) is 0 Å². The maximum absolute atomic E-state index is 12.5.